The van der Waals surface area contributed by atoms with Gasteiger partial charge in [-0.2, -0.15) is 0 Å². The number of aromatic nitrogens is 1. The van der Waals surface area contributed by atoms with Crippen molar-refractivity contribution < 1.29 is 19.1 Å². The molecule has 2 aliphatic rings. The number of rotatable bonds is 5. The molecule has 1 aliphatic carbocycles. The van der Waals surface area contributed by atoms with E-state index in [1.807, 2.05) is 38.1 Å². The third-order valence-corrected chi connectivity index (χ3v) is 5.77. The molecule has 2 heterocycles. The molecule has 0 radical (unpaired) electrons. The summed E-state index contributed by atoms with van der Waals surface area (Å²) in [5, 5.41) is 2.19. The fourth-order valence-electron chi connectivity index (χ4n) is 4.38. The van der Waals surface area contributed by atoms with Crippen molar-refractivity contribution in [3.05, 3.63) is 57.7 Å². The van der Waals surface area contributed by atoms with E-state index >= 15 is 0 Å². The van der Waals surface area contributed by atoms with Gasteiger partial charge in [0.25, 0.3) is 0 Å². The van der Waals surface area contributed by atoms with Crippen molar-refractivity contribution in [3.63, 3.8) is 0 Å². The highest BCUT2D eigenvalue weighted by atomic mass is 16.6. The molecule has 158 valence electrons. The minimum atomic E-state index is -0.285. The van der Waals surface area contributed by atoms with Crippen LogP contribution in [0.5, 0.6) is 0 Å². The Morgan fingerprint density at radius 2 is 1.87 bits per heavy atom. The first-order valence-electron chi connectivity index (χ1n) is 10.7. The predicted molar refractivity (Wildman–Crippen MR) is 114 cm³/mol. The van der Waals surface area contributed by atoms with E-state index in [9.17, 15) is 9.59 Å². The molecule has 4 rings (SSSR count). The molecule has 6 nitrogen and oxygen atoms in total. The van der Waals surface area contributed by atoms with Gasteiger partial charge < -0.3 is 18.9 Å². The summed E-state index contributed by atoms with van der Waals surface area (Å²) >= 11 is 0. The molecule has 0 spiro atoms. The molecule has 1 aliphatic heterocycles. The summed E-state index contributed by atoms with van der Waals surface area (Å²) in [5.41, 5.74) is 3.58. The molecule has 1 amide bonds. The summed E-state index contributed by atoms with van der Waals surface area (Å²) in [6.45, 7) is 6.28. The Hall–Kier alpha value is -3.02. The number of fused-ring (bicyclic) bond motifs is 3. The van der Waals surface area contributed by atoms with Gasteiger partial charge in [0.1, 0.15) is 0 Å². The van der Waals surface area contributed by atoms with Gasteiger partial charge >= 0.3 is 12.1 Å². The Morgan fingerprint density at radius 1 is 1.10 bits per heavy atom. The summed E-state index contributed by atoms with van der Waals surface area (Å²) < 4.78 is 12.8. The molecular formula is C24H28N2O4. The second-order valence-electron chi connectivity index (χ2n) is 7.63. The van der Waals surface area contributed by atoms with Crippen LogP contribution in [0.4, 0.5) is 4.79 Å². The van der Waals surface area contributed by atoms with E-state index in [4.69, 9.17) is 9.47 Å². The minimum Gasteiger partial charge on any atom is -0.466 e. The molecule has 0 fully saturated rings. The lowest BCUT2D eigenvalue weighted by Crippen LogP contribution is -2.39. The van der Waals surface area contributed by atoms with Crippen LogP contribution in [0.25, 0.3) is 12.2 Å². The molecule has 2 aromatic rings. The van der Waals surface area contributed by atoms with Crippen molar-refractivity contribution in [1.82, 2.24) is 9.47 Å². The lowest BCUT2D eigenvalue weighted by Gasteiger charge is -2.27. The Bertz CT molecular complexity index is 1060. The molecule has 6 heteroatoms. The number of hydrogen-bond acceptors (Lipinski definition) is 4. The standard InChI is InChI=1S/C24H28N2O4/c1-3-29-23(27)18-10-11-21-19(14-18)20-16-25(24(28)30-4-2)13-12-22(20)26(21)15-17-8-6-5-7-9-17/h5-9,11,14,18H,3-4,10,12-13,15-16H2,1-2H3. The van der Waals surface area contributed by atoms with Crippen LogP contribution in [0, 0.1) is 5.92 Å². The topological polar surface area (TPSA) is 60.8 Å². The normalized spacial score (nSPS) is 17.3. The highest BCUT2D eigenvalue weighted by Gasteiger charge is 2.29. The predicted octanol–water partition coefficient (Wildman–Crippen LogP) is 2.20. The quantitative estimate of drug-likeness (QED) is 0.712. The SMILES string of the molecule is CCOC(=O)C1C=c2c3c(n(Cc4ccccc4)c2=CC1)CCN(C(=O)OCC)C3. The maximum absolute atomic E-state index is 12.4. The highest BCUT2D eigenvalue weighted by Crippen LogP contribution is 2.20. The highest BCUT2D eigenvalue weighted by molar-refractivity contribution is 5.80. The van der Waals surface area contributed by atoms with E-state index in [-0.39, 0.29) is 18.0 Å². The summed E-state index contributed by atoms with van der Waals surface area (Å²) in [6, 6.07) is 10.4. The Morgan fingerprint density at radius 3 is 2.60 bits per heavy atom. The number of carbonyl (C=O) groups is 2. The first kappa shape index (κ1) is 20.3. The Kier molecular flexibility index (Phi) is 5.93. The summed E-state index contributed by atoms with van der Waals surface area (Å²) in [4.78, 5) is 26.5. The van der Waals surface area contributed by atoms with Gasteiger partial charge in [0.05, 0.1) is 25.7 Å². The molecule has 1 unspecified atom stereocenters. The number of esters is 1. The van der Waals surface area contributed by atoms with Crippen LogP contribution in [0.15, 0.2) is 30.3 Å². The van der Waals surface area contributed by atoms with Crippen molar-refractivity contribution in [1.29, 1.82) is 0 Å². The van der Waals surface area contributed by atoms with Crippen molar-refractivity contribution in [3.8, 4) is 0 Å². The van der Waals surface area contributed by atoms with E-state index in [0.29, 0.717) is 32.7 Å². The lowest BCUT2D eigenvalue weighted by molar-refractivity contribution is -0.145. The zero-order valence-corrected chi connectivity index (χ0v) is 17.6. The second kappa shape index (κ2) is 8.78. The number of carbonyl (C=O) groups excluding carboxylic acids is 2. The van der Waals surface area contributed by atoms with Crippen LogP contribution in [0.3, 0.4) is 0 Å². The first-order valence-corrected chi connectivity index (χ1v) is 10.7. The van der Waals surface area contributed by atoms with Crippen molar-refractivity contribution in [2.75, 3.05) is 19.8 Å². The van der Waals surface area contributed by atoms with Gasteiger partial charge in [-0.3, -0.25) is 4.79 Å². The fourth-order valence-corrected chi connectivity index (χ4v) is 4.38. The maximum atomic E-state index is 12.4. The van der Waals surface area contributed by atoms with Crippen molar-refractivity contribution >= 4 is 24.2 Å². The molecule has 1 aromatic carbocycles. The first-order chi connectivity index (χ1) is 14.6. The number of nitrogens with zero attached hydrogens (tertiary/aromatic N) is 2. The van der Waals surface area contributed by atoms with Gasteiger partial charge in [0, 0.05) is 41.3 Å². The smallest absolute Gasteiger partial charge is 0.410 e. The monoisotopic (exact) mass is 408 g/mol. The molecule has 1 aromatic heterocycles. The average molecular weight is 408 g/mol. The molecule has 1 atom stereocenters. The number of hydrogen-bond donors (Lipinski definition) is 0. The number of ether oxygens (including phenoxy) is 2. The van der Waals surface area contributed by atoms with E-state index in [0.717, 1.165) is 29.1 Å². The third-order valence-electron chi connectivity index (χ3n) is 5.77. The second-order valence-corrected chi connectivity index (χ2v) is 7.63. The van der Waals surface area contributed by atoms with Crippen LogP contribution in [0.1, 0.15) is 37.1 Å². The molecule has 0 saturated heterocycles. The zero-order chi connectivity index (χ0) is 21.1. The molecule has 0 bridgehead atoms. The van der Waals surface area contributed by atoms with Crippen LogP contribution >= 0.6 is 0 Å². The van der Waals surface area contributed by atoms with Gasteiger partial charge in [-0.25, -0.2) is 4.79 Å². The van der Waals surface area contributed by atoms with E-state index in [2.05, 4.69) is 22.8 Å². The molecular weight excluding hydrogens is 380 g/mol. The third kappa shape index (κ3) is 3.86. The van der Waals surface area contributed by atoms with Crippen molar-refractivity contribution in [2.24, 2.45) is 5.92 Å². The van der Waals surface area contributed by atoms with Gasteiger partial charge in [0.15, 0.2) is 0 Å². The zero-order valence-electron chi connectivity index (χ0n) is 17.6. The van der Waals surface area contributed by atoms with Gasteiger partial charge in [-0.15, -0.1) is 0 Å². The minimum absolute atomic E-state index is 0.193. The molecule has 0 N–H and O–H groups in total. The number of benzene rings is 1. The lowest BCUT2D eigenvalue weighted by atomic mass is 9.97. The van der Waals surface area contributed by atoms with Crippen LogP contribution in [-0.2, 0) is 33.8 Å². The van der Waals surface area contributed by atoms with Gasteiger partial charge in [-0.05, 0) is 25.8 Å². The van der Waals surface area contributed by atoms with Gasteiger partial charge in [0.2, 0.25) is 0 Å². The van der Waals surface area contributed by atoms with Crippen LogP contribution < -0.4 is 10.6 Å². The van der Waals surface area contributed by atoms with Crippen LogP contribution in [-0.4, -0.2) is 41.3 Å². The summed E-state index contributed by atoms with van der Waals surface area (Å²) in [6.07, 6.45) is 5.29. The van der Waals surface area contributed by atoms with E-state index in [1.165, 1.54) is 11.3 Å². The Balaban J connectivity index is 1.77. The molecule has 0 saturated carbocycles. The van der Waals surface area contributed by atoms with Crippen molar-refractivity contribution in [2.45, 2.75) is 39.8 Å². The summed E-state index contributed by atoms with van der Waals surface area (Å²) in [7, 11) is 0. The fraction of sp³-hybridized carbons (Fsp3) is 0.417. The summed E-state index contributed by atoms with van der Waals surface area (Å²) in [5.74, 6) is -0.478. The molecule has 30 heavy (non-hydrogen) atoms. The van der Waals surface area contributed by atoms with Crippen LogP contribution in [0.2, 0.25) is 0 Å². The van der Waals surface area contributed by atoms with E-state index < -0.39 is 0 Å². The largest absolute Gasteiger partial charge is 0.466 e. The average Bonchev–Trinajstić information content (AvgIpc) is 3.07. The van der Waals surface area contributed by atoms with Gasteiger partial charge in [-0.1, -0.05) is 42.5 Å². The Labute approximate surface area is 176 Å². The maximum Gasteiger partial charge on any atom is 0.410 e. The van der Waals surface area contributed by atoms with E-state index in [1.54, 1.807) is 4.90 Å². The number of amides is 1.